The summed E-state index contributed by atoms with van der Waals surface area (Å²) in [5.41, 5.74) is 5.58. The Labute approximate surface area is 96.3 Å². The van der Waals surface area contributed by atoms with E-state index in [1.54, 1.807) is 13.8 Å². The Bertz CT molecular complexity index is 238. The van der Waals surface area contributed by atoms with E-state index in [4.69, 9.17) is 15.2 Å². The van der Waals surface area contributed by atoms with E-state index in [-0.39, 0.29) is 12.7 Å². The fourth-order valence-corrected chi connectivity index (χ4v) is 1.02. The van der Waals surface area contributed by atoms with Crippen LogP contribution in [0.1, 0.15) is 34.1 Å². The minimum absolute atomic E-state index is 0.233. The van der Waals surface area contributed by atoms with E-state index in [0.29, 0.717) is 12.3 Å². The maximum atomic E-state index is 11.3. The first kappa shape index (κ1) is 14.9. The zero-order valence-electron chi connectivity index (χ0n) is 10.4. The van der Waals surface area contributed by atoms with Gasteiger partial charge in [0.1, 0.15) is 6.04 Å². The molecule has 0 amide bonds. The Morgan fingerprint density at radius 1 is 1.06 bits per heavy atom. The highest BCUT2D eigenvalue weighted by Gasteiger charge is 2.17. The van der Waals surface area contributed by atoms with E-state index in [2.05, 4.69) is 0 Å². The minimum atomic E-state index is -0.655. The van der Waals surface area contributed by atoms with Crippen LogP contribution in [0, 0.1) is 11.8 Å². The number of carbonyl (C=O) groups is 2. The molecule has 94 valence electrons. The average molecular weight is 231 g/mol. The molecule has 0 aromatic carbocycles. The lowest BCUT2D eigenvalue weighted by atomic mass is 10.1. The van der Waals surface area contributed by atoms with Crippen molar-refractivity contribution in [2.75, 3.05) is 6.79 Å². The highest BCUT2D eigenvalue weighted by molar-refractivity contribution is 5.75. The summed E-state index contributed by atoms with van der Waals surface area (Å²) in [6, 6.07) is -0.655. The van der Waals surface area contributed by atoms with Gasteiger partial charge in [-0.25, -0.2) is 0 Å². The third-order valence-corrected chi connectivity index (χ3v) is 1.90. The van der Waals surface area contributed by atoms with E-state index < -0.39 is 18.0 Å². The van der Waals surface area contributed by atoms with Gasteiger partial charge in [-0.1, -0.05) is 27.7 Å². The van der Waals surface area contributed by atoms with Crippen LogP contribution in [0.25, 0.3) is 0 Å². The molecule has 1 atom stereocenters. The Balaban J connectivity index is 3.77. The molecule has 0 rings (SSSR count). The molecule has 0 bridgehead atoms. The van der Waals surface area contributed by atoms with Crippen molar-refractivity contribution in [2.24, 2.45) is 17.6 Å². The monoisotopic (exact) mass is 231 g/mol. The topological polar surface area (TPSA) is 78.6 Å². The molecule has 0 heterocycles. The highest BCUT2D eigenvalue weighted by Crippen LogP contribution is 2.04. The number of carbonyl (C=O) groups excluding carboxylic acids is 2. The zero-order chi connectivity index (χ0) is 12.7. The summed E-state index contributed by atoms with van der Waals surface area (Å²) < 4.78 is 9.41. The summed E-state index contributed by atoms with van der Waals surface area (Å²) in [6.45, 7) is 6.98. The zero-order valence-corrected chi connectivity index (χ0v) is 10.4. The molecule has 0 saturated heterocycles. The molecule has 0 aromatic rings. The molecule has 0 saturated carbocycles. The van der Waals surface area contributed by atoms with Crippen molar-refractivity contribution in [1.82, 2.24) is 0 Å². The number of hydrogen-bond donors (Lipinski definition) is 1. The lowest BCUT2D eigenvalue weighted by molar-refractivity contribution is -0.170. The number of hydrogen-bond acceptors (Lipinski definition) is 5. The van der Waals surface area contributed by atoms with Crippen molar-refractivity contribution in [1.29, 1.82) is 0 Å². The van der Waals surface area contributed by atoms with Gasteiger partial charge in [-0.3, -0.25) is 9.59 Å². The van der Waals surface area contributed by atoms with Crippen LogP contribution in [0.4, 0.5) is 0 Å². The van der Waals surface area contributed by atoms with Crippen molar-refractivity contribution in [3.8, 4) is 0 Å². The van der Waals surface area contributed by atoms with Crippen LogP contribution in [0.3, 0.4) is 0 Å². The second kappa shape index (κ2) is 7.22. The molecule has 0 aliphatic rings. The summed E-state index contributed by atoms with van der Waals surface area (Å²) in [7, 11) is 0. The van der Waals surface area contributed by atoms with Gasteiger partial charge in [0.25, 0.3) is 0 Å². The van der Waals surface area contributed by atoms with E-state index in [1.807, 2.05) is 13.8 Å². The fourth-order valence-electron chi connectivity index (χ4n) is 1.02. The van der Waals surface area contributed by atoms with Gasteiger partial charge >= 0.3 is 11.9 Å². The van der Waals surface area contributed by atoms with Crippen LogP contribution in [0.15, 0.2) is 0 Å². The maximum Gasteiger partial charge on any atom is 0.325 e. The second-order valence-electron chi connectivity index (χ2n) is 4.44. The molecule has 2 N–H and O–H groups in total. The number of nitrogens with two attached hydrogens (primary N) is 1. The fraction of sp³-hybridized carbons (Fsp3) is 0.818. The Kier molecular flexibility index (Phi) is 6.72. The Morgan fingerprint density at radius 3 is 2.00 bits per heavy atom. The predicted molar refractivity (Wildman–Crippen MR) is 59.3 cm³/mol. The van der Waals surface area contributed by atoms with Crippen LogP contribution in [0.2, 0.25) is 0 Å². The van der Waals surface area contributed by atoms with Gasteiger partial charge in [-0.15, -0.1) is 0 Å². The SMILES string of the molecule is CC(C)CC(N)C(=O)OCOC(=O)C(C)C. The van der Waals surface area contributed by atoms with Gasteiger partial charge in [0, 0.05) is 0 Å². The van der Waals surface area contributed by atoms with E-state index in [1.165, 1.54) is 0 Å². The van der Waals surface area contributed by atoms with Gasteiger partial charge in [-0.05, 0) is 12.3 Å². The van der Waals surface area contributed by atoms with Gasteiger partial charge < -0.3 is 15.2 Å². The summed E-state index contributed by atoms with van der Waals surface area (Å²) in [5.74, 6) is -0.848. The smallest absolute Gasteiger partial charge is 0.325 e. The lowest BCUT2D eigenvalue weighted by Crippen LogP contribution is -2.34. The Morgan fingerprint density at radius 2 is 1.56 bits per heavy atom. The molecule has 0 aliphatic heterocycles. The molecule has 1 unspecified atom stereocenters. The number of esters is 2. The number of rotatable bonds is 6. The van der Waals surface area contributed by atoms with E-state index >= 15 is 0 Å². The first-order valence-electron chi connectivity index (χ1n) is 5.43. The third kappa shape index (κ3) is 6.40. The molecule has 0 aromatic heterocycles. The van der Waals surface area contributed by atoms with Gasteiger partial charge in [0.15, 0.2) is 0 Å². The summed E-state index contributed by atoms with van der Waals surface area (Å²) >= 11 is 0. The molecule has 0 radical (unpaired) electrons. The third-order valence-electron chi connectivity index (χ3n) is 1.90. The lowest BCUT2D eigenvalue weighted by Gasteiger charge is -2.13. The molecule has 0 aliphatic carbocycles. The van der Waals surface area contributed by atoms with Crippen molar-refractivity contribution in [3.05, 3.63) is 0 Å². The van der Waals surface area contributed by atoms with Crippen LogP contribution in [-0.2, 0) is 19.1 Å². The first-order valence-corrected chi connectivity index (χ1v) is 5.43. The van der Waals surface area contributed by atoms with Crippen LogP contribution in [-0.4, -0.2) is 24.8 Å². The largest absolute Gasteiger partial charge is 0.428 e. The van der Waals surface area contributed by atoms with Crippen molar-refractivity contribution in [2.45, 2.75) is 40.2 Å². The standard InChI is InChI=1S/C11H21NO4/c1-7(2)5-9(12)11(14)16-6-15-10(13)8(3)4/h7-9H,5-6,12H2,1-4H3. The average Bonchev–Trinajstić information content (AvgIpc) is 2.15. The molecule has 5 heteroatoms. The highest BCUT2D eigenvalue weighted by atomic mass is 16.7. The van der Waals surface area contributed by atoms with Gasteiger partial charge in [-0.2, -0.15) is 0 Å². The molecule has 0 fully saturated rings. The second-order valence-corrected chi connectivity index (χ2v) is 4.44. The summed E-state index contributed by atoms with van der Waals surface area (Å²) in [6.07, 6.45) is 0.553. The van der Waals surface area contributed by atoms with Crippen molar-refractivity contribution >= 4 is 11.9 Å². The van der Waals surface area contributed by atoms with Crippen molar-refractivity contribution < 1.29 is 19.1 Å². The Hall–Kier alpha value is -1.10. The normalized spacial score (nSPS) is 12.7. The molecule has 5 nitrogen and oxygen atoms in total. The maximum absolute atomic E-state index is 11.3. The summed E-state index contributed by atoms with van der Waals surface area (Å²) in [5, 5.41) is 0. The van der Waals surface area contributed by atoms with Crippen molar-refractivity contribution in [3.63, 3.8) is 0 Å². The van der Waals surface area contributed by atoms with Crippen LogP contribution < -0.4 is 5.73 Å². The molecule has 16 heavy (non-hydrogen) atoms. The molecular formula is C11H21NO4. The van der Waals surface area contributed by atoms with Crippen LogP contribution in [0.5, 0.6) is 0 Å². The molecular weight excluding hydrogens is 210 g/mol. The van der Waals surface area contributed by atoms with Gasteiger partial charge in [0.2, 0.25) is 6.79 Å². The minimum Gasteiger partial charge on any atom is -0.428 e. The quantitative estimate of drug-likeness (QED) is 0.546. The number of ether oxygens (including phenoxy) is 2. The predicted octanol–water partition coefficient (Wildman–Crippen LogP) is 1.06. The first-order chi connectivity index (χ1) is 7.34. The van der Waals surface area contributed by atoms with Crippen LogP contribution >= 0.6 is 0 Å². The molecule has 0 spiro atoms. The van der Waals surface area contributed by atoms with E-state index in [0.717, 1.165) is 0 Å². The summed E-state index contributed by atoms with van der Waals surface area (Å²) in [4.78, 5) is 22.3. The van der Waals surface area contributed by atoms with Gasteiger partial charge in [0.05, 0.1) is 5.92 Å². The van der Waals surface area contributed by atoms with E-state index in [9.17, 15) is 9.59 Å².